The number of ether oxygens (including phenoxy) is 2. The summed E-state index contributed by atoms with van der Waals surface area (Å²) in [4.78, 5) is 36.8. The van der Waals surface area contributed by atoms with E-state index in [0.29, 0.717) is 49.5 Å². The summed E-state index contributed by atoms with van der Waals surface area (Å²) < 4.78 is 12.9. The number of fused-ring (bicyclic) bond motifs is 1. The zero-order chi connectivity index (χ0) is 24.3. The standard InChI is InChI=1S/C26H33N3O5/c1-4-29-23-21(14-26(16-27-24(23)31)9-11-33-12-10-26)22(28-29)13-17(2)15-34-25(32)20-7-5-19(6-8-20)18(3)30/h5-8,17H,4,9-16H2,1-3H3,(H,27,31). The first-order chi connectivity index (χ1) is 16.3. The Morgan fingerprint density at radius 1 is 1.21 bits per heavy atom. The van der Waals surface area contributed by atoms with Crippen LogP contribution in [0.3, 0.4) is 0 Å². The van der Waals surface area contributed by atoms with Crippen molar-refractivity contribution >= 4 is 17.7 Å². The lowest BCUT2D eigenvalue weighted by Crippen LogP contribution is -2.40. The molecule has 0 saturated carbocycles. The number of esters is 1. The smallest absolute Gasteiger partial charge is 0.338 e. The van der Waals surface area contributed by atoms with Gasteiger partial charge in [0, 0.05) is 37.4 Å². The van der Waals surface area contributed by atoms with Crippen molar-refractivity contribution in [3.05, 3.63) is 52.3 Å². The number of rotatable bonds is 7. The van der Waals surface area contributed by atoms with Crippen LogP contribution >= 0.6 is 0 Å². The van der Waals surface area contributed by atoms with Gasteiger partial charge in [0.05, 0.1) is 17.9 Å². The van der Waals surface area contributed by atoms with Crippen LogP contribution in [-0.2, 0) is 28.9 Å². The van der Waals surface area contributed by atoms with Crippen molar-refractivity contribution in [2.45, 2.75) is 53.0 Å². The summed E-state index contributed by atoms with van der Waals surface area (Å²) in [6, 6.07) is 6.48. The lowest BCUT2D eigenvalue weighted by Gasteiger charge is -2.36. The third kappa shape index (κ3) is 5.06. The van der Waals surface area contributed by atoms with Crippen molar-refractivity contribution in [2.24, 2.45) is 11.3 Å². The number of aryl methyl sites for hydroxylation is 1. The number of carbonyl (C=O) groups is 3. The van der Waals surface area contributed by atoms with Crippen molar-refractivity contribution in [3.8, 4) is 0 Å². The maximum atomic E-state index is 13.0. The van der Waals surface area contributed by atoms with Gasteiger partial charge in [0.25, 0.3) is 5.91 Å². The van der Waals surface area contributed by atoms with E-state index in [2.05, 4.69) is 5.32 Å². The van der Waals surface area contributed by atoms with E-state index in [1.807, 2.05) is 13.8 Å². The summed E-state index contributed by atoms with van der Waals surface area (Å²) in [6.07, 6.45) is 3.25. The highest BCUT2D eigenvalue weighted by Gasteiger charge is 2.39. The molecule has 34 heavy (non-hydrogen) atoms. The second-order valence-electron chi connectivity index (χ2n) is 9.60. The molecule has 1 fully saturated rings. The van der Waals surface area contributed by atoms with Gasteiger partial charge < -0.3 is 14.8 Å². The highest BCUT2D eigenvalue weighted by molar-refractivity contribution is 5.96. The first-order valence-electron chi connectivity index (χ1n) is 12.0. The normalized spacial score (nSPS) is 18.0. The Hall–Kier alpha value is -3.00. The zero-order valence-corrected chi connectivity index (χ0v) is 20.2. The zero-order valence-electron chi connectivity index (χ0n) is 20.2. The molecule has 1 saturated heterocycles. The van der Waals surface area contributed by atoms with Crippen LogP contribution in [0.15, 0.2) is 24.3 Å². The molecule has 1 aromatic heterocycles. The van der Waals surface area contributed by atoms with Crippen LogP contribution in [0.5, 0.6) is 0 Å². The lowest BCUT2D eigenvalue weighted by molar-refractivity contribution is 0.0160. The molecule has 1 N–H and O–H groups in total. The Morgan fingerprint density at radius 3 is 2.53 bits per heavy atom. The van der Waals surface area contributed by atoms with Crippen LogP contribution in [0.2, 0.25) is 0 Å². The fourth-order valence-corrected chi connectivity index (χ4v) is 4.86. The van der Waals surface area contributed by atoms with Gasteiger partial charge in [-0.15, -0.1) is 0 Å². The van der Waals surface area contributed by atoms with Crippen LogP contribution < -0.4 is 5.32 Å². The molecule has 2 aliphatic rings. The van der Waals surface area contributed by atoms with Gasteiger partial charge in [0.1, 0.15) is 5.69 Å². The molecule has 2 aromatic rings. The highest BCUT2D eigenvalue weighted by atomic mass is 16.5. The van der Waals surface area contributed by atoms with Crippen LogP contribution in [0.25, 0.3) is 0 Å². The van der Waals surface area contributed by atoms with Crippen LogP contribution in [-0.4, -0.2) is 53.8 Å². The van der Waals surface area contributed by atoms with Crippen LogP contribution in [0.4, 0.5) is 0 Å². The molecule has 1 atom stereocenters. The SMILES string of the molecule is CCn1nc(CC(C)COC(=O)c2ccc(C(C)=O)cc2)c2c1C(=O)NCC1(CCOCC1)C2. The average molecular weight is 468 g/mol. The molecule has 3 heterocycles. The van der Waals surface area contributed by atoms with Gasteiger partial charge in [-0.2, -0.15) is 5.10 Å². The van der Waals surface area contributed by atoms with E-state index in [1.165, 1.54) is 6.92 Å². The summed E-state index contributed by atoms with van der Waals surface area (Å²) in [7, 11) is 0. The summed E-state index contributed by atoms with van der Waals surface area (Å²) >= 11 is 0. The fourth-order valence-electron chi connectivity index (χ4n) is 4.86. The molecule has 182 valence electrons. The largest absolute Gasteiger partial charge is 0.462 e. The van der Waals surface area contributed by atoms with E-state index in [9.17, 15) is 14.4 Å². The molecule has 1 spiro atoms. The summed E-state index contributed by atoms with van der Waals surface area (Å²) in [5, 5.41) is 7.91. The molecule has 4 rings (SSSR count). The third-order valence-corrected chi connectivity index (χ3v) is 6.95. The van der Waals surface area contributed by atoms with Gasteiger partial charge in [-0.1, -0.05) is 19.1 Å². The Morgan fingerprint density at radius 2 is 1.88 bits per heavy atom. The predicted molar refractivity (Wildman–Crippen MR) is 126 cm³/mol. The number of benzene rings is 1. The first kappa shape index (κ1) is 24.1. The average Bonchev–Trinajstić information content (AvgIpc) is 3.11. The van der Waals surface area contributed by atoms with E-state index in [0.717, 1.165) is 30.5 Å². The van der Waals surface area contributed by atoms with Crippen molar-refractivity contribution in [2.75, 3.05) is 26.4 Å². The van der Waals surface area contributed by atoms with Crippen LogP contribution in [0.1, 0.15) is 76.1 Å². The van der Waals surface area contributed by atoms with Crippen molar-refractivity contribution in [1.29, 1.82) is 0 Å². The number of ketones is 1. The van der Waals surface area contributed by atoms with E-state index < -0.39 is 5.97 Å². The summed E-state index contributed by atoms with van der Waals surface area (Å²) in [5.41, 5.74) is 3.57. The Bertz CT molecular complexity index is 1070. The monoisotopic (exact) mass is 467 g/mol. The van der Waals surface area contributed by atoms with Crippen molar-refractivity contribution in [3.63, 3.8) is 0 Å². The Balaban J connectivity index is 1.46. The second-order valence-corrected chi connectivity index (χ2v) is 9.60. The van der Waals surface area contributed by atoms with E-state index in [4.69, 9.17) is 14.6 Å². The van der Waals surface area contributed by atoms with E-state index in [1.54, 1.807) is 28.9 Å². The molecule has 1 amide bonds. The summed E-state index contributed by atoms with van der Waals surface area (Å²) in [5.74, 6) is -0.496. The number of amides is 1. The number of hydrogen-bond acceptors (Lipinski definition) is 6. The minimum absolute atomic E-state index is 0.00272. The molecule has 0 bridgehead atoms. The van der Waals surface area contributed by atoms with Gasteiger partial charge in [0.15, 0.2) is 5.78 Å². The minimum atomic E-state index is -0.416. The molecular formula is C26H33N3O5. The molecule has 1 aromatic carbocycles. The predicted octanol–water partition coefficient (Wildman–Crippen LogP) is 3.22. The minimum Gasteiger partial charge on any atom is -0.462 e. The molecule has 0 aliphatic carbocycles. The quantitative estimate of drug-likeness (QED) is 0.496. The number of carbonyl (C=O) groups excluding carboxylic acids is 3. The molecule has 8 nitrogen and oxygen atoms in total. The lowest BCUT2D eigenvalue weighted by atomic mass is 9.75. The van der Waals surface area contributed by atoms with Crippen LogP contribution in [0, 0.1) is 11.3 Å². The Labute approximate surface area is 200 Å². The van der Waals surface area contributed by atoms with Crippen molar-refractivity contribution < 1.29 is 23.9 Å². The molecular weight excluding hydrogens is 434 g/mol. The van der Waals surface area contributed by atoms with Gasteiger partial charge >= 0.3 is 5.97 Å². The number of aromatic nitrogens is 2. The van der Waals surface area contributed by atoms with E-state index >= 15 is 0 Å². The number of nitrogens with zero attached hydrogens (tertiary/aromatic N) is 2. The third-order valence-electron chi connectivity index (χ3n) is 6.95. The number of hydrogen-bond donors (Lipinski definition) is 1. The van der Waals surface area contributed by atoms with E-state index in [-0.39, 0.29) is 29.6 Å². The maximum absolute atomic E-state index is 13.0. The maximum Gasteiger partial charge on any atom is 0.338 e. The number of Topliss-reactive ketones (excluding diaryl/α,β-unsaturated/α-hetero) is 1. The highest BCUT2D eigenvalue weighted by Crippen LogP contribution is 2.38. The molecule has 0 radical (unpaired) electrons. The van der Waals surface area contributed by atoms with Gasteiger partial charge in [-0.3, -0.25) is 14.3 Å². The van der Waals surface area contributed by atoms with Crippen molar-refractivity contribution in [1.82, 2.24) is 15.1 Å². The van der Waals surface area contributed by atoms with Gasteiger partial charge in [0.2, 0.25) is 0 Å². The Kier molecular flexibility index (Phi) is 7.16. The topological polar surface area (TPSA) is 99.5 Å². The van der Waals surface area contributed by atoms with Gasteiger partial charge in [-0.05, 0) is 63.0 Å². The number of nitrogens with one attached hydrogen (secondary N) is 1. The first-order valence-corrected chi connectivity index (χ1v) is 12.0. The van der Waals surface area contributed by atoms with Gasteiger partial charge in [-0.25, -0.2) is 4.79 Å². The molecule has 2 aliphatic heterocycles. The molecule has 1 unspecified atom stereocenters. The fraction of sp³-hybridized carbons (Fsp3) is 0.538. The summed E-state index contributed by atoms with van der Waals surface area (Å²) in [6.45, 7) is 8.43. The molecule has 8 heteroatoms. The second kappa shape index (κ2) is 10.1.